The molecule has 0 fully saturated rings. The Balaban J connectivity index is 1.79. The quantitative estimate of drug-likeness (QED) is 0.596. The Hall–Kier alpha value is -3.19. The molecule has 0 unspecified atom stereocenters. The fraction of sp³-hybridized carbons (Fsp3) is 0.320. The summed E-state index contributed by atoms with van der Waals surface area (Å²) in [6, 6.07) is 5.54. The van der Waals surface area contributed by atoms with Crippen LogP contribution < -0.4 is 4.74 Å². The first-order chi connectivity index (χ1) is 15.2. The minimum Gasteiger partial charge on any atom is -0.478 e. The first-order valence-electron chi connectivity index (χ1n) is 10.4. The number of carboxylic acids is 1. The van der Waals surface area contributed by atoms with Crippen LogP contribution in [0.5, 0.6) is 5.75 Å². The smallest absolute Gasteiger partial charge is 0.347 e. The molecule has 2 heterocycles. The van der Waals surface area contributed by atoms with Gasteiger partial charge in [-0.05, 0) is 57.4 Å². The Labute approximate surface area is 192 Å². The topological polar surface area (TPSA) is 79.7 Å². The molecule has 6 nitrogen and oxygen atoms in total. The number of rotatable bonds is 7. The summed E-state index contributed by atoms with van der Waals surface area (Å²) in [6.45, 7) is 11.7. The van der Waals surface area contributed by atoms with Gasteiger partial charge >= 0.3 is 5.97 Å². The molecule has 1 aliphatic rings. The molecule has 0 atom stereocenters. The highest BCUT2D eigenvalue weighted by Crippen LogP contribution is 2.30. The lowest BCUT2D eigenvalue weighted by Crippen LogP contribution is -2.38. The molecule has 1 amide bonds. The van der Waals surface area contributed by atoms with Gasteiger partial charge in [-0.1, -0.05) is 36.9 Å². The second kappa shape index (κ2) is 9.53. The standard InChI is InChI=1S/C25H28N2O4S/c1-6-8-17(9-7-2)22-26-16(3)21(32-22)23(28)27-13-12-18-14-20(11-10-19(18)15-27)31-25(4,5)24(29)30/h6-11,14H,1,12-13,15H2,2-5H3,(H,29,30)/b9-7-,17-8+. The SMILES string of the molecule is C=C/C=C(\C=C/C)c1nc(C)c(C(=O)N2CCc3cc(OC(C)(C)C(=O)O)ccc3C2)s1. The van der Waals surface area contributed by atoms with Crippen LogP contribution in [0.1, 0.15) is 52.3 Å². The Morgan fingerprint density at radius 3 is 2.72 bits per heavy atom. The third kappa shape index (κ3) is 4.99. The molecule has 0 radical (unpaired) electrons. The highest BCUT2D eigenvalue weighted by molar-refractivity contribution is 7.14. The third-order valence-electron chi connectivity index (χ3n) is 5.25. The molecule has 168 valence electrons. The molecule has 2 aromatic rings. The maximum Gasteiger partial charge on any atom is 0.347 e. The van der Waals surface area contributed by atoms with Crippen molar-refractivity contribution >= 4 is 28.8 Å². The maximum absolute atomic E-state index is 13.3. The van der Waals surface area contributed by atoms with Crippen molar-refractivity contribution in [3.05, 3.63) is 75.8 Å². The number of carbonyl (C=O) groups excluding carboxylic acids is 1. The lowest BCUT2D eigenvalue weighted by atomic mass is 9.99. The molecule has 0 spiro atoms. The number of carbonyl (C=O) groups is 2. The van der Waals surface area contributed by atoms with Gasteiger partial charge in [0, 0.05) is 18.7 Å². The normalized spacial score (nSPS) is 14.4. The van der Waals surface area contributed by atoms with Crippen molar-refractivity contribution in [1.82, 2.24) is 9.88 Å². The van der Waals surface area contributed by atoms with Crippen LogP contribution in [-0.4, -0.2) is 39.0 Å². The number of hydrogen-bond donors (Lipinski definition) is 1. The zero-order valence-corrected chi connectivity index (χ0v) is 19.7. The highest BCUT2D eigenvalue weighted by atomic mass is 32.1. The number of amides is 1. The number of aromatic nitrogens is 1. The summed E-state index contributed by atoms with van der Waals surface area (Å²) >= 11 is 1.40. The van der Waals surface area contributed by atoms with E-state index in [2.05, 4.69) is 11.6 Å². The molecular weight excluding hydrogens is 424 g/mol. The van der Waals surface area contributed by atoms with Crippen LogP contribution in [0.2, 0.25) is 0 Å². The molecule has 1 aromatic heterocycles. The number of fused-ring (bicyclic) bond motifs is 1. The van der Waals surface area contributed by atoms with Gasteiger partial charge in [0.05, 0.1) is 5.69 Å². The van der Waals surface area contributed by atoms with E-state index in [9.17, 15) is 14.7 Å². The highest BCUT2D eigenvalue weighted by Gasteiger charge is 2.30. The van der Waals surface area contributed by atoms with Gasteiger partial charge in [0.15, 0.2) is 5.60 Å². The molecule has 1 aromatic carbocycles. The molecule has 1 aliphatic heterocycles. The third-order valence-corrected chi connectivity index (χ3v) is 6.44. The number of nitrogens with zero attached hydrogens (tertiary/aromatic N) is 2. The molecule has 1 N–H and O–H groups in total. The minimum atomic E-state index is -1.31. The van der Waals surface area contributed by atoms with Crippen LogP contribution in [0.3, 0.4) is 0 Å². The van der Waals surface area contributed by atoms with E-state index >= 15 is 0 Å². The van der Waals surface area contributed by atoms with Crippen molar-refractivity contribution in [2.75, 3.05) is 6.54 Å². The molecular formula is C25H28N2O4S. The first kappa shape index (κ1) is 23.5. The number of hydrogen-bond acceptors (Lipinski definition) is 5. The van der Waals surface area contributed by atoms with Gasteiger partial charge in [0.25, 0.3) is 5.91 Å². The monoisotopic (exact) mass is 452 g/mol. The molecule has 7 heteroatoms. The number of thiazole rings is 1. The molecule has 32 heavy (non-hydrogen) atoms. The second-order valence-corrected chi connectivity index (χ2v) is 9.12. The van der Waals surface area contributed by atoms with Crippen molar-refractivity contribution in [3.8, 4) is 5.75 Å². The van der Waals surface area contributed by atoms with Crippen LogP contribution in [0.25, 0.3) is 5.57 Å². The van der Waals surface area contributed by atoms with Crippen LogP contribution >= 0.6 is 11.3 Å². The summed E-state index contributed by atoms with van der Waals surface area (Å²) in [5.41, 5.74) is 2.45. The fourth-order valence-corrected chi connectivity index (χ4v) is 4.51. The van der Waals surface area contributed by atoms with Crippen molar-refractivity contribution in [1.29, 1.82) is 0 Å². The van der Waals surface area contributed by atoms with E-state index in [0.29, 0.717) is 30.1 Å². The van der Waals surface area contributed by atoms with Crippen LogP contribution in [-0.2, 0) is 17.8 Å². The van der Waals surface area contributed by atoms with E-state index in [0.717, 1.165) is 27.4 Å². The first-order valence-corrected chi connectivity index (χ1v) is 11.2. The van der Waals surface area contributed by atoms with E-state index in [1.807, 2.05) is 49.1 Å². The zero-order valence-electron chi connectivity index (χ0n) is 18.8. The number of benzene rings is 1. The van der Waals surface area contributed by atoms with E-state index in [1.54, 1.807) is 12.1 Å². The zero-order chi connectivity index (χ0) is 23.5. The average molecular weight is 453 g/mol. The summed E-state index contributed by atoms with van der Waals surface area (Å²) < 4.78 is 5.65. The van der Waals surface area contributed by atoms with Crippen molar-refractivity contribution in [2.24, 2.45) is 0 Å². The van der Waals surface area contributed by atoms with Crippen LogP contribution in [0.15, 0.2) is 49.1 Å². The van der Waals surface area contributed by atoms with Gasteiger partial charge in [0.2, 0.25) is 0 Å². The Morgan fingerprint density at radius 1 is 1.31 bits per heavy atom. The summed E-state index contributed by atoms with van der Waals surface area (Å²) in [7, 11) is 0. The molecule has 0 saturated heterocycles. The number of allylic oxidation sites excluding steroid dienone is 5. The van der Waals surface area contributed by atoms with E-state index in [4.69, 9.17) is 4.74 Å². The molecule has 0 saturated carbocycles. The van der Waals surface area contributed by atoms with Gasteiger partial charge < -0.3 is 14.7 Å². The number of ether oxygens (including phenoxy) is 1. The Kier molecular flexibility index (Phi) is 6.99. The molecule has 3 rings (SSSR count). The van der Waals surface area contributed by atoms with Crippen molar-refractivity contribution in [2.45, 2.75) is 46.3 Å². The Morgan fingerprint density at radius 2 is 2.06 bits per heavy atom. The van der Waals surface area contributed by atoms with Crippen LogP contribution in [0, 0.1) is 6.92 Å². The minimum absolute atomic E-state index is 0.0253. The maximum atomic E-state index is 13.3. The summed E-state index contributed by atoms with van der Waals surface area (Å²) in [6.07, 6.45) is 8.16. The lowest BCUT2D eigenvalue weighted by Gasteiger charge is -2.29. The van der Waals surface area contributed by atoms with E-state index in [1.165, 1.54) is 25.2 Å². The predicted molar refractivity (Wildman–Crippen MR) is 127 cm³/mol. The van der Waals surface area contributed by atoms with Gasteiger partial charge in [-0.15, -0.1) is 11.3 Å². The number of carboxylic acid groups (broad SMARTS) is 1. The number of aryl methyl sites for hydroxylation is 1. The van der Waals surface area contributed by atoms with Gasteiger partial charge in [-0.3, -0.25) is 4.79 Å². The van der Waals surface area contributed by atoms with Crippen molar-refractivity contribution < 1.29 is 19.4 Å². The van der Waals surface area contributed by atoms with Crippen LogP contribution in [0.4, 0.5) is 0 Å². The second-order valence-electron chi connectivity index (χ2n) is 8.12. The van der Waals surface area contributed by atoms with Crippen molar-refractivity contribution in [3.63, 3.8) is 0 Å². The lowest BCUT2D eigenvalue weighted by molar-refractivity contribution is -0.152. The molecule has 0 aliphatic carbocycles. The van der Waals surface area contributed by atoms with Gasteiger partial charge in [-0.25, -0.2) is 9.78 Å². The largest absolute Gasteiger partial charge is 0.478 e. The summed E-state index contributed by atoms with van der Waals surface area (Å²) in [4.78, 5) is 31.7. The number of aliphatic carboxylic acids is 1. The van der Waals surface area contributed by atoms with E-state index < -0.39 is 11.6 Å². The van der Waals surface area contributed by atoms with Gasteiger partial charge in [0.1, 0.15) is 15.6 Å². The summed E-state index contributed by atoms with van der Waals surface area (Å²) in [5.74, 6) is -0.529. The average Bonchev–Trinajstić information content (AvgIpc) is 3.13. The summed E-state index contributed by atoms with van der Waals surface area (Å²) in [5, 5.41) is 10.1. The predicted octanol–water partition coefficient (Wildman–Crippen LogP) is 5.04. The Bertz CT molecular complexity index is 1110. The fourth-order valence-electron chi connectivity index (χ4n) is 3.47. The molecule has 0 bridgehead atoms. The van der Waals surface area contributed by atoms with Gasteiger partial charge in [-0.2, -0.15) is 0 Å². The van der Waals surface area contributed by atoms with E-state index in [-0.39, 0.29) is 5.91 Å².